The predicted molar refractivity (Wildman–Crippen MR) is 116 cm³/mol. The zero-order valence-electron chi connectivity index (χ0n) is 16.6. The number of nitrogens with zero attached hydrogens (tertiary/aromatic N) is 3. The molecule has 1 saturated heterocycles. The number of hydrogen-bond donors (Lipinski definition) is 0. The fourth-order valence-electron chi connectivity index (χ4n) is 3.48. The van der Waals surface area contributed by atoms with Gasteiger partial charge in [-0.3, -0.25) is 4.79 Å². The maximum atomic E-state index is 13.1. The van der Waals surface area contributed by atoms with Gasteiger partial charge in [-0.25, -0.2) is 4.39 Å². The summed E-state index contributed by atoms with van der Waals surface area (Å²) in [4.78, 5) is 20.2. The lowest BCUT2D eigenvalue weighted by Crippen LogP contribution is -2.38. The van der Waals surface area contributed by atoms with Crippen LogP contribution in [0.5, 0.6) is 0 Å². The van der Waals surface area contributed by atoms with E-state index in [1.807, 2.05) is 41.5 Å². The SMILES string of the molecule is CSc1ccc(/C=C/C(=O)N2CCCC(c3nc(-c4ccc(F)cc4)no3)C2)cc1. The van der Waals surface area contributed by atoms with Gasteiger partial charge in [0.15, 0.2) is 0 Å². The molecule has 1 amide bonds. The van der Waals surface area contributed by atoms with E-state index in [0.717, 1.165) is 18.4 Å². The number of likely N-dealkylation sites (tertiary alicyclic amines) is 1. The van der Waals surface area contributed by atoms with E-state index in [0.29, 0.717) is 30.4 Å². The summed E-state index contributed by atoms with van der Waals surface area (Å²) >= 11 is 1.69. The second-order valence-corrected chi connectivity index (χ2v) is 8.07. The minimum atomic E-state index is -0.308. The van der Waals surface area contributed by atoms with Gasteiger partial charge in [-0.05, 0) is 67.1 Å². The Labute approximate surface area is 179 Å². The van der Waals surface area contributed by atoms with Crippen molar-refractivity contribution < 1.29 is 13.7 Å². The van der Waals surface area contributed by atoms with Crippen LogP contribution < -0.4 is 0 Å². The summed E-state index contributed by atoms with van der Waals surface area (Å²) in [6, 6.07) is 14.1. The number of carbonyl (C=O) groups is 1. The molecular formula is C23H22FN3O2S. The standard InChI is InChI=1S/C23H22FN3O2S/c1-30-20-11-4-16(5-12-20)6-13-21(28)27-14-2-3-18(15-27)23-25-22(26-29-23)17-7-9-19(24)10-8-17/h4-13,18H,2-3,14-15H2,1H3/b13-6+. The van der Waals surface area contributed by atoms with Gasteiger partial charge in [0.05, 0.1) is 5.92 Å². The lowest BCUT2D eigenvalue weighted by molar-refractivity contribution is -0.127. The fraction of sp³-hybridized carbons (Fsp3) is 0.261. The molecular weight excluding hydrogens is 401 g/mol. The van der Waals surface area contributed by atoms with Gasteiger partial charge in [-0.2, -0.15) is 4.98 Å². The summed E-state index contributed by atoms with van der Waals surface area (Å²) in [7, 11) is 0. The molecule has 2 aromatic carbocycles. The zero-order valence-corrected chi connectivity index (χ0v) is 17.4. The Morgan fingerprint density at radius 1 is 1.20 bits per heavy atom. The van der Waals surface area contributed by atoms with Crippen molar-refractivity contribution in [3.8, 4) is 11.4 Å². The Morgan fingerprint density at radius 2 is 1.97 bits per heavy atom. The van der Waals surface area contributed by atoms with Crippen molar-refractivity contribution in [2.75, 3.05) is 19.3 Å². The minimum absolute atomic E-state index is 0.00124. The number of rotatable bonds is 5. The molecule has 154 valence electrons. The highest BCUT2D eigenvalue weighted by atomic mass is 32.2. The molecule has 3 aromatic rings. The smallest absolute Gasteiger partial charge is 0.246 e. The molecule has 1 aromatic heterocycles. The maximum absolute atomic E-state index is 13.1. The van der Waals surface area contributed by atoms with Crippen molar-refractivity contribution in [1.82, 2.24) is 15.0 Å². The van der Waals surface area contributed by atoms with E-state index in [2.05, 4.69) is 10.1 Å². The molecule has 0 saturated carbocycles. The molecule has 0 aliphatic carbocycles. The topological polar surface area (TPSA) is 59.2 Å². The first-order chi connectivity index (χ1) is 14.6. The van der Waals surface area contributed by atoms with Gasteiger partial charge in [0.2, 0.25) is 17.6 Å². The summed E-state index contributed by atoms with van der Waals surface area (Å²) < 4.78 is 18.6. The molecule has 1 aliphatic heterocycles. The van der Waals surface area contributed by atoms with Crippen LogP contribution in [0.3, 0.4) is 0 Å². The summed E-state index contributed by atoms with van der Waals surface area (Å²) in [6.45, 7) is 1.25. The van der Waals surface area contributed by atoms with Crippen molar-refractivity contribution in [1.29, 1.82) is 0 Å². The van der Waals surface area contributed by atoms with E-state index >= 15 is 0 Å². The first-order valence-corrected chi connectivity index (χ1v) is 11.1. The Bertz CT molecular complexity index is 1030. The summed E-state index contributed by atoms with van der Waals surface area (Å²) in [5, 5.41) is 4.02. The lowest BCUT2D eigenvalue weighted by atomic mass is 9.98. The first-order valence-electron chi connectivity index (χ1n) is 9.83. The van der Waals surface area contributed by atoms with Crippen LogP contribution >= 0.6 is 11.8 Å². The van der Waals surface area contributed by atoms with Gasteiger partial charge in [0.25, 0.3) is 0 Å². The fourth-order valence-corrected chi connectivity index (χ4v) is 3.89. The number of hydrogen-bond acceptors (Lipinski definition) is 5. The number of benzene rings is 2. The average Bonchev–Trinajstić information content (AvgIpc) is 3.29. The zero-order chi connectivity index (χ0) is 20.9. The average molecular weight is 424 g/mol. The van der Waals surface area contributed by atoms with Crippen LogP contribution in [-0.4, -0.2) is 40.3 Å². The van der Waals surface area contributed by atoms with Crippen LogP contribution in [0.15, 0.2) is 64.0 Å². The van der Waals surface area contributed by atoms with Crippen LogP contribution in [0.1, 0.15) is 30.2 Å². The molecule has 2 heterocycles. The van der Waals surface area contributed by atoms with Crippen LogP contribution in [0.25, 0.3) is 17.5 Å². The second-order valence-electron chi connectivity index (χ2n) is 7.19. The number of aromatic nitrogens is 2. The highest BCUT2D eigenvalue weighted by molar-refractivity contribution is 7.98. The second kappa shape index (κ2) is 9.26. The van der Waals surface area contributed by atoms with Crippen LogP contribution in [0, 0.1) is 5.82 Å². The lowest BCUT2D eigenvalue weighted by Gasteiger charge is -2.30. The molecule has 5 nitrogen and oxygen atoms in total. The van der Waals surface area contributed by atoms with Crippen molar-refractivity contribution in [3.63, 3.8) is 0 Å². The monoisotopic (exact) mass is 423 g/mol. The molecule has 1 unspecified atom stereocenters. The number of thioether (sulfide) groups is 1. The maximum Gasteiger partial charge on any atom is 0.246 e. The summed E-state index contributed by atoms with van der Waals surface area (Å²) in [5.41, 5.74) is 1.70. The van der Waals surface area contributed by atoms with E-state index < -0.39 is 0 Å². The number of carbonyl (C=O) groups excluding carboxylic acids is 1. The third-order valence-corrected chi connectivity index (χ3v) is 5.90. The van der Waals surface area contributed by atoms with Crippen molar-refractivity contribution in [3.05, 3.63) is 71.9 Å². The molecule has 0 radical (unpaired) electrons. The van der Waals surface area contributed by atoms with Gasteiger partial charge in [-0.1, -0.05) is 17.3 Å². The third-order valence-electron chi connectivity index (χ3n) is 5.16. The van der Waals surface area contributed by atoms with E-state index in [9.17, 15) is 9.18 Å². The third kappa shape index (κ3) is 4.79. The molecule has 1 fully saturated rings. The van der Waals surface area contributed by atoms with E-state index in [4.69, 9.17) is 4.52 Å². The Morgan fingerprint density at radius 3 is 2.70 bits per heavy atom. The number of halogens is 1. The predicted octanol–water partition coefficient (Wildman–Crippen LogP) is 5.02. The molecule has 0 N–H and O–H groups in total. The van der Waals surface area contributed by atoms with E-state index in [1.54, 1.807) is 30.0 Å². The molecule has 0 spiro atoms. The van der Waals surface area contributed by atoms with Gasteiger partial charge < -0.3 is 9.42 Å². The Balaban J connectivity index is 1.40. The van der Waals surface area contributed by atoms with Crippen LogP contribution in [-0.2, 0) is 4.79 Å². The molecule has 4 rings (SSSR count). The van der Waals surface area contributed by atoms with Crippen molar-refractivity contribution in [2.45, 2.75) is 23.7 Å². The Kier molecular flexibility index (Phi) is 6.28. The van der Waals surface area contributed by atoms with Crippen molar-refractivity contribution in [2.24, 2.45) is 0 Å². The molecule has 1 aliphatic rings. The highest BCUT2D eigenvalue weighted by Crippen LogP contribution is 2.28. The van der Waals surface area contributed by atoms with Gasteiger partial charge in [0.1, 0.15) is 5.82 Å². The Hall–Kier alpha value is -2.93. The van der Waals surface area contributed by atoms with E-state index in [1.165, 1.54) is 17.0 Å². The minimum Gasteiger partial charge on any atom is -0.339 e. The quantitative estimate of drug-likeness (QED) is 0.426. The molecule has 0 bridgehead atoms. The van der Waals surface area contributed by atoms with E-state index in [-0.39, 0.29) is 17.6 Å². The highest BCUT2D eigenvalue weighted by Gasteiger charge is 2.28. The summed E-state index contributed by atoms with van der Waals surface area (Å²) in [6.07, 6.45) is 7.26. The van der Waals surface area contributed by atoms with Gasteiger partial charge in [-0.15, -0.1) is 11.8 Å². The number of amides is 1. The molecule has 7 heteroatoms. The van der Waals surface area contributed by atoms with Gasteiger partial charge in [0, 0.05) is 29.6 Å². The van der Waals surface area contributed by atoms with Crippen LogP contribution in [0.4, 0.5) is 4.39 Å². The number of piperidine rings is 1. The largest absolute Gasteiger partial charge is 0.339 e. The van der Waals surface area contributed by atoms with Crippen molar-refractivity contribution >= 4 is 23.7 Å². The first kappa shape index (κ1) is 20.3. The molecule has 1 atom stereocenters. The normalized spacial score (nSPS) is 16.9. The molecule has 30 heavy (non-hydrogen) atoms. The van der Waals surface area contributed by atoms with Crippen LogP contribution in [0.2, 0.25) is 0 Å². The van der Waals surface area contributed by atoms with Gasteiger partial charge >= 0.3 is 0 Å². The summed E-state index contributed by atoms with van der Waals surface area (Å²) in [5.74, 6) is 0.619.